The predicted molar refractivity (Wildman–Crippen MR) is 361 cm³/mol. The zero-order valence-corrected chi connectivity index (χ0v) is 56.1. The first kappa shape index (κ1) is 66.6. The van der Waals surface area contributed by atoms with Gasteiger partial charge in [-0.3, -0.25) is 9.59 Å². The van der Waals surface area contributed by atoms with Gasteiger partial charge in [0.1, 0.15) is 0 Å². The van der Waals surface area contributed by atoms with Crippen LogP contribution in [-0.2, 0) is 22.4 Å². The number of halogens is 2. The number of nitrogens with zero attached hydrogens (tertiary/aromatic N) is 2. The molecule has 80 heavy (non-hydrogen) atoms. The van der Waals surface area contributed by atoms with Gasteiger partial charge in [0.2, 0.25) is 0 Å². The van der Waals surface area contributed by atoms with E-state index >= 15 is 9.59 Å². The second-order valence-corrected chi connectivity index (χ2v) is 29.2. The van der Waals surface area contributed by atoms with Crippen LogP contribution in [0, 0.1) is 11.8 Å². The summed E-state index contributed by atoms with van der Waals surface area (Å²) < 4.78 is 2.44. The number of anilines is 2. The molecule has 8 heteroatoms. The Bertz CT molecular complexity index is 2300. The molecule has 2 aliphatic rings. The Morgan fingerprint density at radius 2 is 0.662 bits per heavy atom. The average Bonchev–Trinajstić information content (AvgIpc) is 4.40. The van der Waals surface area contributed by atoms with E-state index < -0.39 is 0 Å². The van der Waals surface area contributed by atoms with Gasteiger partial charge >= 0.3 is 0 Å². The minimum Gasteiger partial charge on any atom is -0.307 e. The molecule has 2 amide bonds. The van der Waals surface area contributed by atoms with Gasteiger partial charge in [-0.2, -0.15) is 0 Å². The maximum Gasteiger partial charge on any atom is 0.259 e. The monoisotopic (exact) mass is 1250 g/mol. The predicted octanol–water partition coefficient (Wildman–Crippen LogP) is 24.8. The van der Waals surface area contributed by atoms with Crippen LogP contribution < -0.4 is 9.80 Å². The molecule has 0 aliphatic carbocycles. The van der Waals surface area contributed by atoms with Gasteiger partial charge in [-0.15, -0.1) is 22.7 Å². The smallest absolute Gasteiger partial charge is 0.259 e. The summed E-state index contributed by atoms with van der Waals surface area (Å²) in [5, 5.41) is 0. The van der Waals surface area contributed by atoms with E-state index in [4.69, 9.17) is 0 Å². The van der Waals surface area contributed by atoms with Gasteiger partial charge < -0.3 is 9.80 Å². The molecule has 0 radical (unpaired) electrons. The van der Waals surface area contributed by atoms with Crippen molar-refractivity contribution in [1.82, 2.24) is 0 Å². The Kier molecular flexibility index (Phi) is 31.4. The number of fused-ring (bicyclic) bond motifs is 2. The minimum absolute atomic E-state index is 0.0136. The second-order valence-electron chi connectivity index (χ2n) is 24.4. The van der Waals surface area contributed by atoms with Gasteiger partial charge in [0.15, 0.2) is 0 Å². The standard InChI is InChI=1S/C72H108Br2N2O2S2/c1-7-13-19-25-29-35-41-55(39-33-23-17-11-5)53-75-63-49-57(65-51-59(69(73)79-65)43-37-31-27-21-15-9-3)45-47-61(63)67(71(75)77)68-62-48-46-58(66-52-60(70(74)80-66)44-38-32-28-22-16-10-4)50-64(62)76(72(68)78)54-56(40-34-24-18-12-6)42-36-30-26-20-14-8-2/h45-52,55-56H,7-44,53-54H2,1-6H3/b68-67-. The quantitative estimate of drug-likeness (QED) is 0.0327. The lowest BCUT2D eigenvalue weighted by molar-refractivity contribution is -0.114. The Balaban J connectivity index is 1.43. The van der Waals surface area contributed by atoms with Crippen molar-refractivity contribution in [2.45, 2.75) is 286 Å². The van der Waals surface area contributed by atoms with E-state index in [9.17, 15) is 0 Å². The van der Waals surface area contributed by atoms with Crippen LogP contribution in [0.5, 0.6) is 0 Å². The van der Waals surface area contributed by atoms with Crippen LogP contribution in [-0.4, -0.2) is 24.9 Å². The van der Waals surface area contributed by atoms with Gasteiger partial charge in [-0.25, -0.2) is 0 Å². The fraction of sp³-hybridized carbons (Fsp3) is 0.667. The fourth-order valence-electron chi connectivity index (χ4n) is 12.8. The van der Waals surface area contributed by atoms with Gasteiger partial charge in [-0.1, -0.05) is 258 Å². The molecule has 0 fully saturated rings. The molecule has 2 aromatic heterocycles. The summed E-state index contributed by atoms with van der Waals surface area (Å²) in [7, 11) is 0. The van der Waals surface area contributed by atoms with E-state index in [2.05, 4.69) is 132 Å². The maximum atomic E-state index is 15.9. The fourth-order valence-corrected chi connectivity index (χ4v) is 16.3. The summed E-state index contributed by atoms with van der Waals surface area (Å²) >= 11 is 11.6. The number of hydrogen-bond donors (Lipinski definition) is 0. The summed E-state index contributed by atoms with van der Waals surface area (Å²) in [4.78, 5) is 38.7. The van der Waals surface area contributed by atoms with Crippen LogP contribution in [0.15, 0.2) is 56.1 Å². The number of benzene rings is 2. The molecule has 444 valence electrons. The highest BCUT2D eigenvalue weighted by atomic mass is 79.9. The number of hydrogen-bond acceptors (Lipinski definition) is 4. The SMILES string of the molecule is CCCCCCCCc1cc(-c2ccc3c(c2)N(CC(CCCCCC)CCCCCCCC)C(=O)/C3=C2\C(=O)N(CC(CCCCCC)CCCCCCCC)c3cc(-c4cc(CCCCCCCC)c(Br)s4)ccc32)sc1Br. The highest BCUT2D eigenvalue weighted by Gasteiger charge is 2.43. The highest BCUT2D eigenvalue weighted by Crippen LogP contribution is 2.51. The first-order valence-electron chi connectivity index (χ1n) is 33.4. The molecule has 4 heterocycles. The molecule has 2 unspecified atom stereocenters. The van der Waals surface area contributed by atoms with Crippen molar-refractivity contribution in [3.63, 3.8) is 0 Å². The van der Waals surface area contributed by atoms with Crippen molar-refractivity contribution in [1.29, 1.82) is 0 Å². The molecule has 0 N–H and O–H groups in total. The lowest BCUT2D eigenvalue weighted by Gasteiger charge is -2.25. The van der Waals surface area contributed by atoms with Crippen LogP contribution in [0.4, 0.5) is 11.4 Å². The van der Waals surface area contributed by atoms with Gasteiger partial charge in [-0.05, 0) is 142 Å². The van der Waals surface area contributed by atoms with E-state index in [1.165, 1.54) is 234 Å². The summed E-state index contributed by atoms with van der Waals surface area (Å²) in [6.45, 7) is 15.2. The van der Waals surface area contributed by atoms with Gasteiger partial charge in [0, 0.05) is 34.0 Å². The molecule has 0 spiro atoms. The number of aryl methyl sites for hydroxylation is 2. The Labute approximate surface area is 514 Å². The van der Waals surface area contributed by atoms with E-state index in [-0.39, 0.29) is 11.8 Å². The summed E-state index contributed by atoms with van der Waals surface area (Å²) in [6.07, 6.45) is 47.3. The number of unbranched alkanes of at least 4 members (excludes halogenated alkanes) is 26. The summed E-state index contributed by atoms with van der Waals surface area (Å²) in [5.74, 6) is 0.832. The third kappa shape index (κ3) is 20.3. The second kappa shape index (κ2) is 37.7. The molecular weight excluding hydrogens is 1150 g/mol. The first-order chi connectivity index (χ1) is 39.2. The third-order valence-corrected chi connectivity index (χ3v) is 21.7. The van der Waals surface area contributed by atoms with Crippen molar-refractivity contribution >= 4 is 88.9 Å². The number of thiophene rings is 2. The Morgan fingerprint density at radius 1 is 0.375 bits per heavy atom. The first-order valence-corrected chi connectivity index (χ1v) is 36.6. The average molecular weight is 1260 g/mol. The van der Waals surface area contributed by atoms with Crippen molar-refractivity contribution in [3.8, 4) is 20.9 Å². The van der Waals surface area contributed by atoms with Crippen molar-refractivity contribution in [2.24, 2.45) is 11.8 Å². The molecule has 4 aromatic rings. The highest BCUT2D eigenvalue weighted by molar-refractivity contribution is 9.11. The number of carbonyl (C=O) groups excluding carboxylic acids is 2. The zero-order valence-electron chi connectivity index (χ0n) is 51.3. The van der Waals surface area contributed by atoms with Crippen molar-refractivity contribution in [3.05, 3.63) is 78.4 Å². The van der Waals surface area contributed by atoms with Crippen molar-refractivity contribution < 1.29 is 9.59 Å². The van der Waals surface area contributed by atoms with Crippen LogP contribution >= 0.6 is 54.5 Å². The third-order valence-electron chi connectivity index (χ3n) is 17.7. The van der Waals surface area contributed by atoms with Gasteiger partial charge in [0.25, 0.3) is 11.8 Å². The molecule has 2 atom stereocenters. The van der Waals surface area contributed by atoms with E-state index in [1.807, 2.05) is 22.7 Å². The molecule has 0 saturated heterocycles. The van der Waals surface area contributed by atoms with E-state index in [1.54, 1.807) is 0 Å². The van der Waals surface area contributed by atoms with Crippen molar-refractivity contribution in [2.75, 3.05) is 22.9 Å². The lowest BCUT2D eigenvalue weighted by atomic mass is 9.93. The van der Waals surface area contributed by atoms with Crippen LogP contribution in [0.3, 0.4) is 0 Å². The molecule has 2 aromatic carbocycles. The molecule has 2 aliphatic heterocycles. The lowest BCUT2D eigenvalue weighted by Crippen LogP contribution is -2.34. The molecular formula is C72H108Br2N2O2S2. The normalized spacial score (nSPS) is 15.0. The molecule has 4 nitrogen and oxygen atoms in total. The van der Waals surface area contributed by atoms with Crippen LogP contribution in [0.25, 0.3) is 32.0 Å². The Hall–Kier alpha value is -2.52. The number of rotatable bonds is 44. The van der Waals surface area contributed by atoms with Crippen LogP contribution in [0.2, 0.25) is 0 Å². The molecule has 0 saturated carbocycles. The largest absolute Gasteiger partial charge is 0.307 e. The van der Waals surface area contributed by atoms with E-state index in [0.717, 1.165) is 72.2 Å². The maximum absolute atomic E-state index is 15.9. The van der Waals surface area contributed by atoms with Crippen LogP contribution in [0.1, 0.15) is 295 Å². The Morgan fingerprint density at radius 3 is 0.988 bits per heavy atom. The molecule has 6 rings (SSSR count). The molecule has 0 bridgehead atoms. The number of carbonyl (C=O) groups is 2. The topological polar surface area (TPSA) is 40.6 Å². The zero-order chi connectivity index (χ0) is 56.9. The summed E-state index contributed by atoms with van der Waals surface area (Å²) in [6, 6.07) is 18.3. The van der Waals surface area contributed by atoms with E-state index in [0.29, 0.717) is 36.1 Å². The minimum atomic E-state index is 0.0136. The number of amides is 2. The summed E-state index contributed by atoms with van der Waals surface area (Å²) in [5.41, 5.74) is 10.2. The van der Waals surface area contributed by atoms with Gasteiger partial charge in [0.05, 0.1) is 30.1 Å².